The molecule has 0 saturated heterocycles. The van der Waals surface area contributed by atoms with E-state index in [0.29, 0.717) is 11.4 Å². The molecule has 0 aromatic heterocycles. The molecule has 2 amide bonds. The van der Waals surface area contributed by atoms with Crippen molar-refractivity contribution in [3.05, 3.63) is 24.3 Å². The van der Waals surface area contributed by atoms with E-state index in [1.54, 1.807) is 38.3 Å². The fraction of sp³-hybridized carbons (Fsp3) is 0.250. The van der Waals surface area contributed by atoms with Crippen LogP contribution in [0, 0.1) is 0 Å². The highest BCUT2D eigenvalue weighted by molar-refractivity contribution is 6.43. The SMILES string of the molecule is COc1ccc(N2C(=O)N=C(C(=O)O)C2C)cc1. The van der Waals surface area contributed by atoms with Crippen LogP contribution in [0.2, 0.25) is 0 Å². The number of hydrogen-bond acceptors (Lipinski definition) is 3. The minimum absolute atomic E-state index is 0.143. The zero-order valence-electron chi connectivity index (χ0n) is 9.95. The van der Waals surface area contributed by atoms with Gasteiger partial charge in [0.05, 0.1) is 13.2 Å². The number of methoxy groups -OCH3 is 1. The number of benzene rings is 1. The molecule has 1 N–H and O–H groups in total. The van der Waals surface area contributed by atoms with E-state index in [-0.39, 0.29) is 5.71 Å². The lowest BCUT2D eigenvalue weighted by Gasteiger charge is -2.21. The minimum atomic E-state index is -1.17. The fourth-order valence-electron chi connectivity index (χ4n) is 1.84. The molecule has 1 heterocycles. The Labute approximate surface area is 104 Å². The summed E-state index contributed by atoms with van der Waals surface area (Å²) in [5, 5.41) is 8.92. The van der Waals surface area contributed by atoms with E-state index >= 15 is 0 Å². The van der Waals surface area contributed by atoms with Gasteiger partial charge < -0.3 is 9.84 Å². The quantitative estimate of drug-likeness (QED) is 0.880. The predicted molar refractivity (Wildman–Crippen MR) is 65.4 cm³/mol. The lowest BCUT2D eigenvalue weighted by Crippen LogP contribution is -2.37. The number of rotatable bonds is 3. The van der Waals surface area contributed by atoms with Crippen molar-refractivity contribution >= 4 is 23.4 Å². The number of nitrogens with zero attached hydrogens (tertiary/aromatic N) is 2. The van der Waals surface area contributed by atoms with Crippen LogP contribution in [0.15, 0.2) is 29.3 Å². The normalized spacial score (nSPS) is 18.8. The van der Waals surface area contributed by atoms with E-state index in [4.69, 9.17) is 9.84 Å². The molecule has 0 bridgehead atoms. The van der Waals surface area contributed by atoms with Gasteiger partial charge in [-0.1, -0.05) is 0 Å². The third kappa shape index (κ3) is 1.92. The molecule has 0 spiro atoms. The number of aliphatic carboxylic acids is 1. The largest absolute Gasteiger partial charge is 0.497 e. The first-order valence-electron chi connectivity index (χ1n) is 5.33. The number of carboxylic acids is 1. The minimum Gasteiger partial charge on any atom is -0.497 e. The predicted octanol–water partition coefficient (Wildman–Crippen LogP) is 1.55. The zero-order valence-corrected chi connectivity index (χ0v) is 9.95. The van der Waals surface area contributed by atoms with E-state index in [1.165, 1.54) is 4.90 Å². The van der Waals surface area contributed by atoms with Crippen LogP contribution in [0.4, 0.5) is 10.5 Å². The smallest absolute Gasteiger partial charge is 0.352 e. The van der Waals surface area contributed by atoms with Gasteiger partial charge in [-0.3, -0.25) is 4.90 Å². The fourth-order valence-corrected chi connectivity index (χ4v) is 1.84. The van der Waals surface area contributed by atoms with Crippen molar-refractivity contribution in [2.75, 3.05) is 12.0 Å². The van der Waals surface area contributed by atoms with Crippen molar-refractivity contribution in [1.82, 2.24) is 0 Å². The topological polar surface area (TPSA) is 79.2 Å². The summed E-state index contributed by atoms with van der Waals surface area (Å²) in [6.45, 7) is 1.63. The first-order chi connectivity index (χ1) is 8.54. The molecule has 2 rings (SSSR count). The number of anilines is 1. The van der Waals surface area contributed by atoms with Gasteiger partial charge in [-0.15, -0.1) is 0 Å². The number of carbonyl (C=O) groups excluding carboxylic acids is 1. The van der Waals surface area contributed by atoms with Crippen molar-refractivity contribution in [3.63, 3.8) is 0 Å². The number of urea groups is 1. The first-order valence-corrected chi connectivity index (χ1v) is 5.33. The number of aliphatic imine (C=N–C) groups is 1. The lowest BCUT2D eigenvalue weighted by molar-refractivity contribution is -0.129. The van der Waals surface area contributed by atoms with Gasteiger partial charge in [0.15, 0.2) is 5.71 Å². The maximum Gasteiger partial charge on any atom is 0.352 e. The summed E-state index contributed by atoms with van der Waals surface area (Å²) in [6, 6.07) is 5.64. The van der Waals surface area contributed by atoms with Crippen LogP contribution in [-0.4, -0.2) is 36.0 Å². The molecule has 6 nitrogen and oxygen atoms in total. The molecule has 1 aromatic rings. The zero-order chi connectivity index (χ0) is 13.3. The van der Waals surface area contributed by atoms with Gasteiger partial charge >= 0.3 is 12.0 Å². The molecule has 1 aromatic carbocycles. The Morgan fingerprint density at radius 2 is 2.00 bits per heavy atom. The van der Waals surface area contributed by atoms with Gasteiger partial charge in [0.1, 0.15) is 5.75 Å². The van der Waals surface area contributed by atoms with E-state index in [2.05, 4.69) is 4.99 Å². The number of ether oxygens (including phenoxy) is 1. The first kappa shape index (κ1) is 12.1. The average Bonchev–Trinajstić information content (AvgIpc) is 2.65. The summed E-state index contributed by atoms with van der Waals surface area (Å²) >= 11 is 0. The van der Waals surface area contributed by atoms with Gasteiger partial charge in [0.25, 0.3) is 0 Å². The van der Waals surface area contributed by atoms with Crippen LogP contribution in [0.5, 0.6) is 5.75 Å². The third-order valence-electron chi connectivity index (χ3n) is 2.77. The molecule has 0 radical (unpaired) electrons. The van der Waals surface area contributed by atoms with Crippen molar-refractivity contribution in [2.24, 2.45) is 4.99 Å². The summed E-state index contributed by atoms with van der Waals surface area (Å²) in [5.41, 5.74) is 0.448. The molecule has 0 fully saturated rings. The molecular weight excluding hydrogens is 236 g/mol. The maximum atomic E-state index is 11.7. The molecule has 0 aliphatic carbocycles. The third-order valence-corrected chi connectivity index (χ3v) is 2.77. The lowest BCUT2D eigenvalue weighted by atomic mass is 10.1. The van der Waals surface area contributed by atoms with E-state index in [1.807, 2.05) is 0 Å². The highest BCUT2D eigenvalue weighted by Gasteiger charge is 2.36. The number of carbonyl (C=O) groups is 2. The highest BCUT2D eigenvalue weighted by atomic mass is 16.5. The second-order valence-electron chi connectivity index (χ2n) is 3.83. The van der Waals surface area contributed by atoms with Gasteiger partial charge in [-0.25, -0.2) is 9.59 Å². The van der Waals surface area contributed by atoms with Crippen LogP contribution >= 0.6 is 0 Å². The van der Waals surface area contributed by atoms with Gasteiger partial charge in [-0.05, 0) is 31.2 Å². The molecule has 18 heavy (non-hydrogen) atoms. The Morgan fingerprint density at radius 1 is 1.39 bits per heavy atom. The molecule has 94 valence electrons. The number of amides is 2. The summed E-state index contributed by atoms with van der Waals surface area (Å²) in [5.74, 6) is -0.510. The van der Waals surface area contributed by atoms with E-state index < -0.39 is 18.0 Å². The van der Waals surface area contributed by atoms with Crippen molar-refractivity contribution in [3.8, 4) is 5.75 Å². The molecule has 6 heteroatoms. The molecular formula is C12H12N2O4. The van der Waals surface area contributed by atoms with Crippen molar-refractivity contribution in [2.45, 2.75) is 13.0 Å². The Morgan fingerprint density at radius 3 is 2.44 bits per heavy atom. The molecule has 1 unspecified atom stereocenters. The van der Waals surface area contributed by atoms with Crippen LogP contribution in [-0.2, 0) is 4.79 Å². The summed E-state index contributed by atoms with van der Waals surface area (Å²) in [6.07, 6.45) is 0. The Kier molecular flexibility index (Phi) is 3.01. The van der Waals surface area contributed by atoms with Crippen LogP contribution in [0.1, 0.15) is 6.92 Å². The molecule has 1 aliphatic rings. The van der Waals surface area contributed by atoms with Crippen molar-refractivity contribution < 1.29 is 19.4 Å². The van der Waals surface area contributed by atoms with Gasteiger partial charge in [-0.2, -0.15) is 4.99 Å². The van der Waals surface area contributed by atoms with Crippen LogP contribution in [0.25, 0.3) is 0 Å². The Balaban J connectivity index is 2.30. The van der Waals surface area contributed by atoms with Crippen LogP contribution in [0.3, 0.4) is 0 Å². The maximum absolute atomic E-state index is 11.7. The standard InChI is InChI=1S/C12H12N2O4/c1-7-10(11(15)16)13-12(17)14(7)8-3-5-9(18-2)6-4-8/h3-7H,1-2H3,(H,15,16). The second-order valence-corrected chi connectivity index (χ2v) is 3.83. The summed E-state index contributed by atoms with van der Waals surface area (Å²) in [7, 11) is 1.55. The van der Waals surface area contributed by atoms with Crippen LogP contribution < -0.4 is 9.64 Å². The Hall–Kier alpha value is -2.37. The second kappa shape index (κ2) is 4.48. The molecule has 1 aliphatic heterocycles. The van der Waals surface area contributed by atoms with E-state index in [9.17, 15) is 9.59 Å². The number of hydrogen-bond donors (Lipinski definition) is 1. The van der Waals surface area contributed by atoms with E-state index in [0.717, 1.165) is 0 Å². The molecule has 1 atom stereocenters. The molecule has 0 saturated carbocycles. The monoisotopic (exact) mass is 248 g/mol. The summed E-state index contributed by atoms with van der Waals surface area (Å²) in [4.78, 5) is 27.5. The average molecular weight is 248 g/mol. The number of carboxylic acid groups (broad SMARTS) is 1. The van der Waals surface area contributed by atoms with Gasteiger partial charge in [0, 0.05) is 5.69 Å². The Bertz CT molecular complexity index is 521. The van der Waals surface area contributed by atoms with Crippen molar-refractivity contribution in [1.29, 1.82) is 0 Å². The highest BCUT2D eigenvalue weighted by Crippen LogP contribution is 2.25. The summed E-state index contributed by atoms with van der Waals surface area (Å²) < 4.78 is 5.02. The van der Waals surface area contributed by atoms with Gasteiger partial charge in [0.2, 0.25) is 0 Å².